The third-order valence-corrected chi connectivity index (χ3v) is 6.21. The summed E-state index contributed by atoms with van der Waals surface area (Å²) in [7, 11) is 0. The highest BCUT2D eigenvalue weighted by Crippen LogP contribution is 2.39. The van der Waals surface area contributed by atoms with Gasteiger partial charge in [-0.05, 0) is 50.1 Å². The number of nitrogens with two attached hydrogens (primary N) is 1. The largest absolute Gasteiger partial charge is 0.490 e. The number of primary amides is 1. The van der Waals surface area contributed by atoms with Crippen LogP contribution in [0.3, 0.4) is 0 Å². The van der Waals surface area contributed by atoms with Crippen molar-refractivity contribution in [1.29, 1.82) is 0 Å². The number of anilines is 1. The summed E-state index contributed by atoms with van der Waals surface area (Å²) in [6.07, 6.45) is 0. The molecule has 4 aromatic rings. The smallest absolute Gasteiger partial charge is 0.248 e. The molecule has 1 atom stereocenters. The second kappa shape index (κ2) is 10.2. The van der Waals surface area contributed by atoms with Crippen LogP contribution in [0, 0.1) is 6.92 Å². The molecule has 1 unspecified atom stereocenters. The molecule has 0 spiro atoms. The molecule has 1 aliphatic rings. The topological polar surface area (TPSA) is 104 Å². The highest BCUT2D eigenvalue weighted by atomic mass is 16.5. The third-order valence-electron chi connectivity index (χ3n) is 6.21. The minimum atomic E-state index is -0.581. The molecule has 0 aliphatic carbocycles. The Morgan fingerprint density at radius 2 is 1.81 bits per heavy atom. The molecule has 0 bridgehead atoms. The summed E-state index contributed by atoms with van der Waals surface area (Å²) < 4.78 is 13.7. The predicted octanol–water partition coefficient (Wildman–Crippen LogP) is 5.01. The lowest BCUT2D eigenvalue weighted by Crippen LogP contribution is -2.31. The monoisotopic (exact) mass is 495 g/mol. The number of nitrogens with zero attached hydrogens (tertiary/aromatic N) is 3. The number of carbonyl (C=O) groups excluding carboxylic acids is 1. The van der Waals surface area contributed by atoms with Gasteiger partial charge in [0.2, 0.25) is 11.9 Å². The zero-order valence-corrected chi connectivity index (χ0v) is 21.1. The second-order valence-electron chi connectivity index (χ2n) is 8.92. The number of hydrogen-bond acceptors (Lipinski definition) is 6. The van der Waals surface area contributed by atoms with Crippen LogP contribution in [0.4, 0.5) is 5.95 Å². The van der Waals surface area contributed by atoms with Crippen LogP contribution in [0.1, 0.15) is 36.6 Å². The van der Waals surface area contributed by atoms with E-state index in [2.05, 4.69) is 5.32 Å². The van der Waals surface area contributed by atoms with E-state index in [1.54, 1.807) is 4.68 Å². The summed E-state index contributed by atoms with van der Waals surface area (Å²) in [5.74, 6) is 1.75. The van der Waals surface area contributed by atoms with Crippen molar-refractivity contribution in [3.8, 4) is 22.9 Å². The first-order valence-corrected chi connectivity index (χ1v) is 12.2. The fraction of sp³-hybridized carbons (Fsp3) is 0.207. The van der Waals surface area contributed by atoms with E-state index in [9.17, 15) is 4.79 Å². The molecule has 8 nitrogen and oxygen atoms in total. The van der Waals surface area contributed by atoms with Crippen molar-refractivity contribution >= 4 is 11.9 Å². The average molecular weight is 496 g/mol. The van der Waals surface area contributed by atoms with E-state index in [0.29, 0.717) is 47.8 Å². The average Bonchev–Trinajstić information content (AvgIpc) is 3.31. The number of fused-ring (bicyclic) bond motifs is 1. The van der Waals surface area contributed by atoms with Crippen LogP contribution in [0.25, 0.3) is 11.4 Å². The first-order valence-electron chi connectivity index (χ1n) is 12.2. The molecule has 188 valence electrons. The van der Waals surface area contributed by atoms with Crippen LogP contribution < -0.4 is 20.5 Å². The Morgan fingerprint density at radius 1 is 1.00 bits per heavy atom. The van der Waals surface area contributed by atoms with Gasteiger partial charge in [-0.1, -0.05) is 60.2 Å². The van der Waals surface area contributed by atoms with E-state index < -0.39 is 11.9 Å². The third kappa shape index (κ3) is 4.91. The lowest BCUT2D eigenvalue weighted by Gasteiger charge is -2.28. The molecular weight excluding hydrogens is 466 g/mol. The molecule has 0 saturated carbocycles. The normalized spacial score (nSPS) is 14.6. The van der Waals surface area contributed by atoms with Crippen molar-refractivity contribution in [3.63, 3.8) is 0 Å². The summed E-state index contributed by atoms with van der Waals surface area (Å²) in [6.45, 7) is 6.63. The molecule has 1 aromatic heterocycles. The summed E-state index contributed by atoms with van der Waals surface area (Å²) in [6, 6.07) is 23.0. The maximum absolute atomic E-state index is 12.6. The van der Waals surface area contributed by atoms with Gasteiger partial charge in [0.25, 0.3) is 0 Å². The molecule has 1 aliphatic heterocycles. The number of carbonyl (C=O) groups is 1. The first-order chi connectivity index (χ1) is 17.9. The fourth-order valence-electron chi connectivity index (χ4n) is 4.50. The fourth-order valence-corrected chi connectivity index (χ4v) is 4.50. The quantitative estimate of drug-likeness (QED) is 0.356. The highest BCUT2D eigenvalue weighted by Gasteiger charge is 2.34. The van der Waals surface area contributed by atoms with E-state index in [1.165, 1.54) is 0 Å². The molecule has 3 N–H and O–H groups in total. The molecule has 0 fully saturated rings. The zero-order valence-electron chi connectivity index (χ0n) is 21.1. The number of rotatable bonds is 8. The number of allylic oxidation sites excluding steroid dienone is 1. The van der Waals surface area contributed by atoms with E-state index in [-0.39, 0.29) is 0 Å². The number of nitrogens with one attached hydrogen (secondary N) is 1. The Bertz CT molecular complexity index is 1480. The number of aromatic nitrogens is 3. The molecule has 1 amide bonds. The van der Waals surface area contributed by atoms with Crippen molar-refractivity contribution in [2.45, 2.75) is 33.4 Å². The van der Waals surface area contributed by atoms with Crippen LogP contribution >= 0.6 is 0 Å². The number of hydrogen-bond donors (Lipinski definition) is 2. The van der Waals surface area contributed by atoms with E-state index in [0.717, 1.165) is 22.3 Å². The van der Waals surface area contributed by atoms with E-state index >= 15 is 0 Å². The van der Waals surface area contributed by atoms with Crippen LogP contribution in [-0.2, 0) is 11.4 Å². The van der Waals surface area contributed by atoms with Gasteiger partial charge in [0, 0.05) is 11.3 Å². The molecule has 0 radical (unpaired) electrons. The van der Waals surface area contributed by atoms with Crippen LogP contribution in [0.15, 0.2) is 84.1 Å². The van der Waals surface area contributed by atoms with Gasteiger partial charge in [-0.15, -0.1) is 5.10 Å². The van der Waals surface area contributed by atoms with E-state index in [1.807, 2.05) is 93.6 Å². The molecule has 0 saturated heterocycles. The standard InChI is InChI=1S/C29H29N5O3/c1-4-36-24-16-21(13-14-23(24)37-17-20-10-6-5-7-11-20)26-25(27(30)35)19(3)31-29-32-28(33-34(26)29)22-12-8-9-18(2)15-22/h5-16,26H,4,17H2,1-3H3,(H2,30,35)(H,31,32,33). The molecule has 8 heteroatoms. The predicted molar refractivity (Wildman–Crippen MR) is 142 cm³/mol. The van der Waals surface area contributed by atoms with Gasteiger partial charge < -0.3 is 20.5 Å². The van der Waals surface area contributed by atoms with Crippen LogP contribution in [0.2, 0.25) is 0 Å². The number of ether oxygens (including phenoxy) is 2. The van der Waals surface area contributed by atoms with Crippen molar-refractivity contribution < 1.29 is 14.3 Å². The van der Waals surface area contributed by atoms with Crippen molar-refractivity contribution in [3.05, 3.63) is 101 Å². The molecule has 2 heterocycles. The molecular formula is C29H29N5O3. The summed E-state index contributed by atoms with van der Waals surface area (Å²) in [5, 5.41) is 7.99. The van der Waals surface area contributed by atoms with Gasteiger partial charge >= 0.3 is 0 Å². The van der Waals surface area contributed by atoms with Gasteiger partial charge in [0.05, 0.1) is 12.2 Å². The van der Waals surface area contributed by atoms with Crippen molar-refractivity contribution in [2.24, 2.45) is 5.73 Å². The Hall–Kier alpha value is -4.59. The molecule has 5 rings (SSSR count). The second-order valence-corrected chi connectivity index (χ2v) is 8.92. The summed E-state index contributed by atoms with van der Waals surface area (Å²) in [4.78, 5) is 17.3. The van der Waals surface area contributed by atoms with Gasteiger partial charge in [-0.2, -0.15) is 4.98 Å². The van der Waals surface area contributed by atoms with Crippen LogP contribution in [0.5, 0.6) is 11.5 Å². The van der Waals surface area contributed by atoms with Gasteiger partial charge in [-0.3, -0.25) is 4.79 Å². The van der Waals surface area contributed by atoms with Crippen molar-refractivity contribution in [1.82, 2.24) is 14.8 Å². The SMILES string of the molecule is CCOc1cc(C2C(C(N)=O)=C(C)Nc3nc(-c4cccc(C)c4)nn32)ccc1OCc1ccccc1. The number of aryl methyl sites for hydroxylation is 1. The highest BCUT2D eigenvalue weighted by molar-refractivity contribution is 5.95. The van der Waals surface area contributed by atoms with Gasteiger partial charge in [0.15, 0.2) is 17.3 Å². The number of benzene rings is 3. The minimum absolute atomic E-state index is 0.409. The van der Waals surface area contributed by atoms with Crippen molar-refractivity contribution in [2.75, 3.05) is 11.9 Å². The maximum atomic E-state index is 12.6. The Kier molecular flexibility index (Phi) is 6.64. The zero-order chi connectivity index (χ0) is 25.9. The van der Waals surface area contributed by atoms with E-state index in [4.69, 9.17) is 25.3 Å². The van der Waals surface area contributed by atoms with Gasteiger partial charge in [0.1, 0.15) is 12.6 Å². The Labute approximate surface area is 215 Å². The lowest BCUT2D eigenvalue weighted by molar-refractivity contribution is -0.115. The molecule has 37 heavy (non-hydrogen) atoms. The lowest BCUT2D eigenvalue weighted by atomic mass is 9.95. The summed E-state index contributed by atoms with van der Waals surface area (Å²) in [5.41, 5.74) is 10.7. The number of amides is 1. The first kappa shape index (κ1) is 24.1. The van der Waals surface area contributed by atoms with Crippen LogP contribution in [-0.4, -0.2) is 27.3 Å². The molecule has 3 aromatic carbocycles. The Morgan fingerprint density at radius 3 is 2.54 bits per heavy atom. The Balaban J connectivity index is 1.56. The maximum Gasteiger partial charge on any atom is 0.248 e. The van der Waals surface area contributed by atoms with Gasteiger partial charge in [-0.25, -0.2) is 4.68 Å². The summed E-state index contributed by atoms with van der Waals surface area (Å²) >= 11 is 0. The minimum Gasteiger partial charge on any atom is -0.490 e.